The molecule has 0 aliphatic carbocycles. The number of furan rings is 1. The summed E-state index contributed by atoms with van der Waals surface area (Å²) in [6.07, 6.45) is 0. The fourth-order valence-electron chi connectivity index (χ4n) is 8.72. The van der Waals surface area contributed by atoms with Crippen LogP contribution in [0.4, 0.5) is 0 Å². The van der Waals surface area contributed by atoms with Crippen molar-refractivity contribution in [1.29, 1.82) is 0 Å². The van der Waals surface area contributed by atoms with Crippen molar-refractivity contribution >= 4 is 76.4 Å². The van der Waals surface area contributed by atoms with Crippen LogP contribution in [0.3, 0.4) is 0 Å². The predicted octanol–water partition coefficient (Wildman–Crippen LogP) is 14.9. The first-order valence-corrected chi connectivity index (χ1v) is 18.7. The van der Waals surface area contributed by atoms with Crippen molar-refractivity contribution in [3.63, 3.8) is 0 Å². The number of rotatable bonds is 4. The molecule has 1 nitrogen and oxygen atoms in total. The Morgan fingerprint density at radius 1 is 0.327 bits per heavy atom. The summed E-state index contributed by atoms with van der Waals surface area (Å²) in [6, 6.07) is 61.7. The minimum absolute atomic E-state index is 0.892. The third-order valence-electron chi connectivity index (χ3n) is 10.8. The zero-order valence-corrected chi connectivity index (χ0v) is 29.0. The highest BCUT2D eigenvalue weighted by molar-refractivity contribution is 7.08. The van der Waals surface area contributed by atoms with Gasteiger partial charge in [-0.2, -0.15) is 11.3 Å². The molecule has 0 N–H and O–H groups in total. The molecule has 11 rings (SSSR count). The molecule has 0 spiro atoms. The van der Waals surface area contributed by atoms with Crippen LogP contribution in [-0.4, -0.2) is 0 Å². The molecule has 0 radical (unpaired) electrons. The lowest BCUT2D eigenvalue weighted by Crippen LogP contribution is -1.91. The van der Waals surface area contributed by atoms with E-state index < -0.39 is 0 Å². The predicted molar refractivity (Wildman–Crippen MR) is 223 cm³/mol. The highest BCUT2D eigenvalue weighted by Crippen LogP contribution is 2.50. The molecule has 0 aliphatic heterocycles. The van der Waals surface area contributed by atoms with E-state index in [1.807, 2.05) is 0 Å². The molecule has 0 saturated carbocycles. The minimum Gasteiger partial charge on any atom is -0.455 e. The Morgan fingerprint density at radius 3 is 1.31 bits per heavy atom. The number of hydrogen-bond donors (Lipinski definition) is 0. The Balaban J connectivity index is 1.25. The molecule has 2 aromatic heterocycles. The highest BCUT2D eigenvalue weighted by Gasteiger charge is 2.23. The molecule has 2 heterocycles. The zero-order valence-electron chi connectivity index (χ0n) is 28.1. The molecule has 9 aromatic carbocycles. The summed E-state index contributed by atoms with van der Waals surface area (Å²) in [7, 11) is 0. The quantitative estimate of drug-likeness (QED) is 0.169. The van der Waals surface area contributed by atoms with Gasteiger partial charge in [-0.3, -0.25) is 0 Å². The summed E-state index contributed by atoms with van der Waals surface area (Å²) in [5.41, 5.74) is 11.6. The van der Waals surface area contributed by atoms with Crippen molar-refractivity contribution in [3.05, 3.63) is 181 Å². The van der Waals surface area contributed by atoms with E-state index in [4.69, 9.17) is 4.42 Å². The van der Waals surface area contributed by atoms with Crippen molar-refractivity contribution in [2.24, 2.45) is 0 Å². The fourth-order valence-corrected chi connectivity index (χ4v) is 9.37. The molecule has 242 valence electrons. The van der Waals surface area contributed by atoms with Gasteiger partial charge in [0, 0.05) is 21.9 Å². The van der Waals surface area contributed by atoms with Gasteiger partial charge in [0.05, 0.1) is 0 Å². The Hall–Kier alpha value is -6.48. The van der Waals surface area contributed by atoms with Crippen LogP contribution in [0, 0.1) is 0 Å². The second-order valence-corrected chi connectivity index (χ2v) is 14.3. The van der Waals surface area contributed by atoms with Crippen molar-refractivity contribution < 1.29 is 4.42 Å². The van der Waals surface area contributed by atoms with Gasteiger partial charge in [-0.15, -0.1) is 0 Å². The lowest BCUT2D eigenvalue weighted by atomic mass is 9.84. The molecular weight excluding hydrogens is 649 g/mol. The van der Waals surface area contributed by atoms with Gasteiger partial charge in [0.25, 0.3) is 0 Å². The van der Waals surface area contributed by atoms with Crippen LogP contribution in [-0.2, 0) is 0 Å². The third-order valence-corrected chi connectivity index (χ3v) is 11.5. The standard InChI is InChI=1S/C50H30OS/c1-2-14-31(15-3-1)45-33-16-4-8-20-37(33)47(38-21-9-5-17-34(38)45)41-24-13-27-44-49(41)43-26-12-25-42(50(43)51-44)48-39-22-10-6-18-35(39)46(32-28-29-52-30-32)36-19-7-11-23-40(36)48/h1-30H. The molecule has 0 fully saturated rings. The van der Waals surface area contributed by atoms with Gasteiger partial charge < -0.3 is 4.42 Å². The lowest BCUT2D eigenvalue weighted by molar-refractivity contribution is 0.670. The molecule has 0 atom stereocenters. The Morgan fingerprint density at radius 2 is 0.769 bits per heavy atom. The van der Waals surface area contributed by atoms with Gasteiger partial charge in [-0.05, 0) is 99.4 Å². The molecule has 0 aliphatic rings. The molecular formula is C50H30OS. The topological polar surface area (TPSA) is 13.1 Å². The molecule has 11 aromatic rings. The van der Waals surface area contributed by atoms with Gasteiger partial charge in [0.2, 0.25) is 0 Å². The summed E-state index contributed by atoms with van der Waals surface area (Å²) < 4.78 is 7.02. The first-order valence-electron chi connectivity index (χ1n) is 17.7. The van der Waals surface area contributed by atoms with Crippen LogP contribution in [0.15, 0.2) is 185 Å². The van der Waals surface area contributed by atoms with Crippen LogP contribution in [0.1, 0.15) is 0 Å². The van der Waals surface area contributed by atoms with Crippen LogP contribution < -0.4 is 0 Å². The molecule has 0 saturated heterocycles. The second-order valence-electron chi connectivity index (χ2n) is 13.5. The van der Waals surface area contributed by atoms with E-state index in [0.717, 1.165) is 27.5 Å². The molecule has 0 bridgehead atoms. The summed E-state index contributed by atoms with van der Waals surface area (Å²) in [6.45, 7) is 0. The Bertz CT molecular complexity index is 3050. The van der Waals surface area contributed by atoms with Crippen molar-refractivity contribution in [1.82, 2.24) is 0 Å². The van der Waals surface area contributed by atoms with E-state index in [1.165, 1.54) is 82.0 Å². The zero-order chi connectivity index (χ0) is 34.2. The number of benzene rings is 9. The third kappa shape index (κ3) is 4.22. The molecule has 0 unspecified atom stereocenters. The highest BCUT2D eigenvalue weighted by atomic mass is 32.1. The van der Waals surface area contributed by atoms with Crippen LogP contribution in [0.2, 0.25) is 0 Å². The monoisotopic (exact) mass is 678 g/mol. The van der Waals surface area contributed by atoms with E-state index in [0.29, 0.717) is 0 Å². The maximum absolute atomic E-state index is 7.02. The average Bonchev–Trinajstić information content (AvgIpc) is 3.88. The van der Waals surface area contributed by atoms with E-state index >= 15 is 0 Å². The summed E-state index contributed by atoms with van der Waals surface area (Å²) in [5.74, 6) is 0. The smallest absolute Gasteiger partial charge is 0.143 e. The number of fused-ring (bicyclic) bond motifs is 7. The van der Waals surface area contributed by atoms with Gasteiger partial charge in [-0.25, -0.2) is 0 Å². The number of hydrogen-bond acceptors (Lipinski definition) is 2. The SMILES string of the molecule is c1ccc(-c2c3ccccc3c(-c3cccc4oc5c(-c6c7ccccc7c(-c7ccsc7)c7ccccc67)cccc5c34)c3ccccc23)cc1. The first-order chi connectivity index (χ1) is 25.8. The summed E-state index contributed by atoms with van der Waals surface area (Å²) >= 11 is 1.74. The van der Waals surface area contributed by atoms with Gasteiger partial charge in [0.1, 0.15) is 11.2 Å². The molecule has 2 heteroatoms. The summed E-state index contributed by atoms with van der Waals surface area (Å²) in [4.78, 5) is 0. The molecule has 0 amide bonds. The van der Waals surface area contributed by atoms with Gasteiger partial charge >= 0.3 is 0 Å². The van der Waals surface area contributed by atoms with E-state index in [2.05, 4.69) is 181 Å². The van der Waals surface area contributed by atoms with E-state index in [9.17, 15) is 0 Å². The van der Waals surface area contributed by atoms with Crippen molar-refractivity contribution in [3.8, 4) is 44.5 Å². The van der Waals surface area contributed by atoms with Crippen LogP contribution in [0.5, 0.6) is 0 Å². The normalized spacial score (nSPS) is 11.8. The van der Waals surface area contributed by atoms with Crippen LogP contribution >= 0.6 is 11.3 Å². The van der Waals surface area contributed by atoms with E-state index in [-0.39, 0.29) is 0 Å². The molecule has 52 heavy (non-hydrogen) atoms. The second kappa shape index (κ2) is 11.5. The fraction of sp³-hybridized carbons (Fsp3) is 0. The van der Waals surface area contributed by atoms with Crippen LogP contribution in [0.25, 0.3) is 110 Å². The average molecular weight is 679 g/mol. The maximum Gasteiger partial charge on any atom is 0.143 e. The van der Waals surface area contributed by atoms with E-state index in [1.54, 1.807) is 11.3 Å². The lowest BCUT2D eigenvalue weighted by Gasteiger charge is -2.18. The number of para-hydroxylation sites is 1. The largest absolute Gasteiger partial charge is 0.455 e. The van der Waals surface area contributed by atoms with Crippen molar-refractivity contribution in [2.45, 2.75) is 0 Å². The van der Waals surface area contributed by atoms with Gasteiger partial charge in [-0.1, -0.05) is 158 Å². The Kier molecular flexibility index (Phi) is 6.49. The van der Waals surface area contributed by atoms with Gasteiger partial charge in [0.15, 0.2) is 0 Å². The summed E-state index contributed by atoms with van der Waals surface area (Å²) in [5, 5.41) is 16.6. The van der Waals surface area contributed by atoms with Crippen molar-refractivity contribution in [2.75, 3.05) is 0 Å². The first kappa shape index (κ1) is 29.3. The maximum atomic E-state index is 7.02. The number of thiophene rings is 1. The minimum atomic E-state index is 0.892. The Labute approximate surface area is 304 Å².